The number of alkyl carbamates (subject to hydrolysis) is 1. The third kappa shape index (κ3) is 4.92. The van der Waals surface area contributed by atoms with Crippen LogP contribution in [0.15, 0.2) is 41.3 Å². The number of rotatable bonds is 5. The fourth-order valence-electron chi connectivity index (χ4n) is 2.19. The van der Waals surface area contributed by atoms with Gasteiger partial charge in [0.1, 0.15) is 11.4 Å². The number of carbonyl (C=O) groups is 1. The molecule has 0 aliphatic carbocycles. The Labute approximate surface area is 146 Å². The molecule has 0 aliphatic heterocycles. The van der Waals surface area contributed by atoms with E-state index in [9.17, 15) is 14.0 Å². The van der Waals surface area contributed by atoms with E-state index in [0.29, 0.717) is 23.1 Å². The first kappa shape index (κ1) is 18.7. The van der Waals surface area contributed by atoms with Gasteiger partial charge in [0.05, 0.1) is 0 Å². The summed E-state index contributed by atoms with van der Waals surface area (Å²) in [6, 6.07) is 7.71. The zero-order valence-electron chi connectivity index (χ0n) is 14.9. The maximum absolute atomic E-state index is 14.4. The molecule has 1 amide bonds. The molecular weight excluding hydrogens is 323 g/mol. The van der Waals surface area contributed by atoms with Crippen LogP contribution in [0.5, 0.6) is 0 Å². The molecule has 2 aromatic rings. The lowest BCUT2D eigenvalue weighted by molar-refractivity contribution is 0.0360. The second-order valence-corrected chi connectivity index (χ2v) is 6.54. The number of carbonyl (C=O) groups excluding carboxylic acids is 1. The van der Waals surface area contributed by atoms with Crippen LogP contribution < -0.4 is 10.9 Å². The van der Waals surface area contributed by atoms with Crippen molar-refractivity contribution in [3.63, 3.8) is 0 Å². The van der Waals surface area contributed by atoms with Gasteiger partial charge in [0.2, 0.25) is 5.56 Å². The molecular formula is C19H23FN2O3. The van der Waals surface area contributed by atoms with Gasteiger partial charge in [0.25, 0.3) is 0 Å². The standard InChI is InChI=1S/C19H23FN2O3/c1-5-19(2,3)25-18(24)21-11-13-6-8-15(16(20)10-13)14-7-9-17(23)22(4)12-14/h6-10,12H,5,11H2,1-4H3,(H,21,24). The van der Waals surface area contributed by atoms with Crippen molar-refractivity contribution < 1.29 is 13.9 Å². The summed E-state index contributed by atoms with van der Waals surface area (Å²) in [4.78, 5) is 23.2. The molecule has 0 unspecified atom stereocenters. The molecule has 2 rings (SSSR count). The van der Waals surface area contributed by atoms with Crippen LogP contribution in [0.2, 0.25) is 0 Å². The summed E-state index contributed by atoms with van der Waals surface area (Å²) in [6.07, 6.45) is 1.75. The molecule has 1 heterocycles. The molecule has 0 fully saturated rings. The van der Waals surface area contributed by atoms with Crippen LogP contribution in [0.4, 0.5) is 9.18 Å². The molecule has 5 nitrogen and oxygen atoms in total. The van der Waals surface area contributed by atoms with Crippen LogP contribution in [-0.4, -0.2) is 16.3 Å². The average Bonchev–Trinajstić information content (AvgIpc) is 2.55. The first-order valence-electron chi connectivity index (χ1n) is 8.14. The Morgan fingerprint density at radius 1 is 1.28 bits per heavy atom. The van der Waals surface area contributed by atoms with Gasteiger partial charge in [-0.1, -0.05) is 19.1 Å². The van der Waals surface area contributed by atoms with Crippen molar-refractivity contribution in [2.75, 3.05) is 0 Å². The minimum Gasteiger partial charge on any atom is -0.444 e. The summed E-state index contributed by atoms with van der Waals surface area (Å²) in [6.45, 7) is 5.76. The average molecular weight is 346 g/mol. The number of amides is 1. The van der Waals surface area contributed by atoms with Crippen LogP contribution >= 0.6 is 0 Å². The molecule has 6 heteroatoms. The predicted molar refractivity (Wildman–Crippen MR) is 94.8 cm³/mol. The zero-order chi connectivity index (χ0) is 18.6. The normalized spacial score (nSPS) is 11.2. The van der Waals surface area contributed by atoms with Gasteiger partial charge in [0, 0.05) is 37.0 Å². The van der Waals surface area contributed by atoms with Crippen molar-refractivity contribution in [3.05, 3.63) is 58.3 Å². The Morgan fingerprint density at radius 2 is 2.00 bits per heavy atom. The van der Waals surface area contributed by atoms with Crippen LogP contribution in [0.25, 0.3) is 11.1 Å². The van der Waals surface area contributed by atoms with Crippen LogP contribution in [0.3, 0.4) is 0 Å². The number of halogens is 1. The SMILES string of the molecule is CCC(C)(C)OC(=O)NCc1ccc(-c2ccc(=O)n(C)c2)c(F)c1. The maximum atomic E-state index is 14.4. The molecule has 25 heavy (non-hydrogen) atoms. The lowest BCUT2D eigenvalue weighted by atomic mass is 10.0. The zero-order valence-corrected chi connectivity index (χ0v) is 14.9. The number of aryl methyl sites for hydroxylation is 1. The molecule has 1 aromatic heterocycles. The number of nitrogens with one attached hydrogen (secondary N) is 1. The molecule has 0 spiro atoms. The second-order valence-electron chi connectivity index (χ2n) is 6.54. The summed E-state index contributed by atoms with van der Waals surface area (Å²) in [7, 11) is 1.62. The van der Waals surface area contributed by atoms with Gasteiger partial charge in [-0.3, -0.25) is 4.79 Å². The highest BCUT2D eigenvalue weighted by atomic mass is 19.1. The summed E-state index contributed by atoms with van der Waals surface area (Å²) in [5, 5.41) is 2.62. The second kappa shape index (κ2) is 7.51. The molecule has 0 atom stereocenters. The van der Waals surface area contributed by atoms with Crippen molar-refractivity contribution in [2.24, 2.45) is 7.05 Å². The monoisotopic (exact) mass is 346 g/mol. The topological polar surface area (TPSA) is 60.3 Å². The Hall–Kier alpha value is -2.63. The number of benzene rings is 1. The molecule has 0 bridgehead atoms. The third-order valence-electron chi connectivity index (χ3n) is 4.09. The Balaban J connectivity index is 2.08. The minimum absolute atomic E-state index is 0.154. The Morgan fingerprint density at radius 3 is 2.60 bits per heavy atom. The van der Waals surface area contributed by atoms with Crippen LogP contribution in [0.1, 0.15) is 32.8 Å². The van der Waals surface area contributed by atoms with Gasteiger partial charge in [-0.15, -0.1) is 0 Å². The van der Waals surface area contributed by atoms with E-state index in [2.05, 4.69) is 5.32 Å². The van der Waals surface area contributed by atoms with Crippen molar-refractivity contribution in [2.45, 2.75) is 39.3 Å². The van der Waals surface area contributed by atoms with Gasteiger partial charge in [-0.2, -0.15) is 0 Å². The van der Waals surface area contributed by atoms with Gasteiger partial charge in [-0.25, -0.2) is 9.18 Å². The van der Waals surface area contributed by atoms with Gasteiger partial charge >= 0.3 is 6.09 Å². The van der Waals surface area contributed by atoms with Gasteiger partial charge in [-0.05, 0) is 38.0 Å². The lowest BCUT2D eigenvalue weighted by Crippen LogP contribution is -2.33. The molecule has 0 aliphatic rings. The summed E-state index contributed by atoms with van der Waals surface area (Å²) in [5.74, 6) is -0.416. The third-order valence-corrected chi connectivity index (χ3v) is 4.09. The highest BCUT2D eigenvalue weighted by molar-refractivity contribution is 5.68. The summed E-state index contributed by atoms with van der Waals surface area (Å²) in [5.41, 5.74) is 0.940. The van der Waals surface area contributed by atoms with E-state index >= 15 is 0 Å². The van der Waals surface area contributed by atoms with E-state index in [-0.39, 0.29) is 12.1 Å². The van der Waals surface area contributed by atoms with Crippen molar-refractivity contribution in [1.29, 1.82) is 0 Å². The fraction of sp³-hybridized carbons (Fsp3) is 0.368. The first-order chi connectivity index (χ1) is 11.7. The molecule has 134 valence electrons. The van der Waals surface area contributed by atoms with E-state index in [1.54, 1.807) is 31.4 Å². The Bertz CT molecular complexity index is 828. The largest absolute Gasteiger partial charge is 0.444 e. The molecule has 1 aromatic carbocycles. The molecule has 0 radical (unpaired) electrons. The predicted octanol–water partition coefficient (Wildman–Crippen LogP) is 3.61. The quantitative estimate of drug-likeness (QED) is 0.900. The summed E-state index contributed by atoms with van der Waals surface area (Å²) >= 11 is 0. The molecule has 0 saturated carbocycles. The molecule has 0 saturated heterocycles. The van der Waals surface area contributed by atoms with Crippen LogP contribution in [-0.2, 0) is 18.3 Å². The van der Waals surface area contributed by atoms with Crippen LogP contribution in [0, 0.1) is 5.82 Å². The van der Waals surface area contributed by atoms with Gasteiger partial charge in [0.15, 0.2) is 0 Å². The number of nitrogens with zero attached hydrogens (tertiary/aromatic N) is 1. The highest BCUT2D eigenvalue weighted by Crippen LogP contribution is 2.22. The van der Waals surface area contributed by atoms with E-state index in [4.69, 9.17) is 4.74 Å². The molecule has 1 N–H and O–H groups in total. The van der Waals surface area contributed by atoms with Gasteiger partial charge < -0.3 is 14.6 Å². The number of ether oxygens (including phenoxy) is 1. The van der Waals surface area contributed by atoms with E-state index < -0.39 is 17.5 Å². The number of pyridine rings is 1. The number of hydrogen-bond donors (Lipinski definition) is 1. The van der Waals surface area contributed by atoms with Crippen molar-refractivity contribution >= 4 is 6.09 Å². The van der Waals surface area contributed by atoms with Crippen molar-refractivity contribution in [3.8, 4) is 11.1 Å². The minimum atomic E-state index is -0.539. The van der Waals surface area contributed by atoms with Crippen molar-refractivity contribution in [1.82, 2.24) is 9.88 Å². The maximum Gasteiger partial charge on any atom is 0.407 e. The van der Waals surface area contributed by atoms with E-state index in [0.717, 1.165) is 0 Å². The smallest absolute Gasteiger partial charge is 0.407 e. The van der Waals surface area contributed by atoms with E-state index in [1.807, 2.05) is 20.8 Å². The lowest BCUT2D eigenvalue weighted by Gasteiger charge is -2.23. The highest BCUT2D eigenvalue weighted by Gasteiger charge is 2.20. The number of aromatic nitrogens is 1. The first-order valence-corrected chi connectivity index (χ1v) is 8.14. The summed E-state index contributed by atoms with van der Waals surface area (Å²) < 4.78 is 21.1. The Kier molecular flexibility index (Phi) is 5.62. The van der Waals surface area contributed by atoms with E-state index in [1.165, 1.54) is 16.7 Å². The fourth-order valence-corrected chi connectivity index (χ4v) is 2.19. The number of hydrogen-bond acceptors (Lipinski definition) is 3.